The minimum absolute atomic E-state index is 0.129. The molecule has 4 nitrogen and oxygen atoms in total. The largest absolute Gasteiger partial charge is 0.478 e. The lowest BCUT2D eigenvalue weighted by Gasteiger charge is -2.08. The van der Waals surface area contributed by atoms with Gasteiger partial charge in [0, 0.05) is 23.2 Å². The molecule has 5 heteroatoms. The van der Waals surface area contributed by atoms with Crippen LogP contribution in [0.5, 0.6) is 0 Å². The molecule has 2 rings (SSSR count). The quantitative estimate of drug-likeness (QED) is 0.884. The molecule has 2 atom stereocenters. The molecule has 1 aliphatic heterocycles. The van der Waals surface area contributed by atoms with Crippen molar-refractivity contribution in [1.82, 2.24) is 0 Å². The third-order valence-corrected chi connectivity index (χ3v) is 4.32. The van der Waals surface area contributed by atoms with E-state index in [9.17, 15) is 9.00 Å². The number of carbonyl (C=O) groups is 1. The number of carboxylic acids is 1. The number of aromatic carboxylic acids is 1. The topological polar surface area (TPSA) is 63.6 Å². The zero-order valence-corrected chi connectivity index (χ0v) is 10.8. The monoisotopic (exact) mass is 268 g/mol. The maximum Gasteiger partial charge on any atom is 0.335 e. The van der Waals surface area contributed by atoms with Crippen molar-refractivity contribution in [3.63, 3.8) is 0 Å². The molecule has 0 saturated carbocycles. The van der Waals surface area contributed by atoms with Gasteiger partial charge in [-0.15, -0.1) is 0 Å². The van der Waals surface area contributed by atoms with E-state index in [-0.39, 0.29) is 11.7 Å². The Bertz CT molecular complexity index is 435. The number of hydrogen-bond donors (Lipinski definition) is 1. The van der Waals surface area contributed by atoms with E-state index in [1.165, 1.54) is 0 Å². The van der Waals surface area contributed by atoms with Crippen LogP contribution in [0.3, 0.4) is 0 Å². The van der Waals surface area contributed by atoms with Crippen LogP contribution in [0.4, 0.5) is 0 Å². The maximum atomic E-state index is 11.9. The summed E-state index contributed by atoms with van der Waals surface area (Å²) in [5.41, 5.74) is 1.15. The van der Waals surface area contributed by atoms with E-state index in [0.29, 0.717) is 11.5 Å². The van der Waals surface area contributed by atoms with Gasteiger partial charge in [0.2, 0.25) is 0 Å². The summed E-state index contributed by atoms with van der Waals surface area (Å²) >= 11 is 0. The summed E-state index contributed by atoms with van der Waals surface area (Å²) in [7, 11) is -0.951. The summed E-state index contributed by atoms with van der Waals surface area (Å²) in [6.45, 7) is 0.773. The lowest BCUT2D eigenvalue weighted by atomic mass is 10.1. The molecular formula is C13H16O4S. The molecule has 0 spiro atoms. The molecule has 0 radical (unpaired) electrons. The Kier molecular flexibility index (Phi) is 4.49. The second-order valence-electron chi connectivity index (χ2n) is 4.39. The van der Waals surface area contributed by atoms with Crippen molar-refractivity contribution < 1.29 is 18.8 Å². The van der Waals surface area contributed by atoms with Crippen molar-refractivity contribution in [2.45, 2.75) is 24.7 Å². The highest BCUT2D eigenvalue weighted by Crippen LogP contribution is 2.15. The van der Waals surface area contributed by atoms with Crippen LogP contribution in [0, 0.1) is 0 Å². The molecule has 1 aromatic carbocycles. The van der Waals surface area contributed by atoms with Crippen LogP contribution in [0.25, 0.3) is 0 Å². The summed E-state index contributed by atoms with van der Waals surface area (Å²) in [6.07, 6.45) is 2.17. The highest BCUT2D eigenvalue weighted by atomic mass is 32.2. The predicted molar refractivity (Wildman–Crippen MR) is 69.1 cm³/mol. The SMILES string of the molecule is O=C(O)c1ccc(CS(=O)CC2CCCO2)cc1. The fourth-order valence-corrected chi connectivity index (χ4v) is 3.33. The minimum Gasteiger partial charge on any atom is -0.478 e. The van der Waals surface area contributed by atoms with Gasteiger partial charge in [0.05, 0.1) is 17.4 Å². The lowest BCUT2D eigenvalue weighted by Crippen LogP contribution is -2.16. The Balaban J connectivity index is 1.88. The second-order valence-corrected chi connectivity index (χ2v) is 5.89. The molecule has 0 bridgehead atoms. The molecule has 2 unspecified atom stereocenters. The van der Waals surface area contributed by atoms with Crippen molar-refractivity contribution >= 4 is 16.8 Å². The average Bonchev–Trinajstić information content (AvgIpc) is 2.82. The smallest absolute Gasteiger partial charge is 0.335 e. The number of rotatable bonds is 5. The number of carboxylic acid groups (broad SMARTS) is 1. The van der Waals surface area contributed by atoms with Crippen molar-refractivity contribution in [2.24, 2.45) is 0 Å². The van der Waals surface area contributed by atoms with Crippen molar-refractivity contribution in [2.75, 3.05) is 12.4 Å². The number of hydrogen-bond acceptors (Lipinski definition) is 3. The van der Waals surface area contributed by atoms with E-state index in [4.69, 9.17) is 9.84 Å². The lowest BCUT2D eigenvalue weighted by molar-refractivity contribution is 0.0697. The molecule has 1 N–H and O–H groups in total. The summed E-state index contributed by atoms with van der Waals surface area (Å²) < 4.78 is 17.3. The summed E-state index contributed by atoms with van der Waals surface area (Å²) in [5, 5.41) is 8.77. The van der Waals surface area contributed by atoms with E-state index >= 15 is 0 Å². The van der Waals surface area contributed by atoms with Gasteiger partial charge in [0.1, 0.15) is 0 Å². The third-order valence-electron chi connectivity index (χ3n) is 2.92. The number of benzene rings is 1. The zero-order valence-electron chi connectivity index (χ0n) is 10.0. The van der Waals surface area contributed by atoms with E-state index in [1.54, 1.807) is 24.3 Å². The zero-order chi connectivity index (χ0) is 13.0. The Hall–Kier alpha value is -1.20. The molecular weight excluding hydrogens is 252 g/mol. The van der Waals surface area contributed by atoms with Crippen LogP contribution < -0.4 is 0 Å². The van der Waals surface area contributed by atoms with Gasteiger partial charge in [-0.3, -0.25) is 4.21 Å². The normalized spacial score (nSPS) is 20.8. The Morgan fingerprint density at radius 2 is 2.11 bits per heavy atom. The molecule has 0 amide bonds. The van der Waals surface area contributed by atoms with E-state index in [1.807, 2.05) is 0 Å². The molecule has 1 fully saturated rings. The molecule has 98 valence electrons. The molecule has 1 aliphatic rings. The first kappa shape index (κ1) is 13.2. The van der Waals surface area contributed by atoms with Gasteiger partial charge in [-0.2, -0.15) is 0 Å². The molecule has 0 aliphatic carbocycles. The first-order valence-electron chi connectivity index (χ1n) is 5.94. The molecule has 0 aromatic heterocycles. The fourth-order valence-electron chi connectivity index (χ4n) is 1.97. The first-order valence-corrected chi connectivity index (χ1v) is 7.43. The van der Waals surface area contributed by atoms with Crippen LogP contribution in [0.15, 0.2) is 24.3 Å². The molecule has 1 heterocycles. The van der Waals surface area contributed by atoms with Gasteiger partial charge in [0.15, 0.2) is 0 Å². The Labute approximate surface area is 108 Å². The van der Waals surface area contributed by atoms with E-state index < -0.39 is 16.8 Å². The van der Waals surface area contributed by atoms with Crippen LogP contribution in [-0.2, 0) is 21.3 Å². The van der Waals surface area contributed by atoms with Gasteiger partial charge >= 0.3 is 5.97 Å². The molecule has 1 aromatic rings. The van der Waals surface area contributed by atoms with Crippen molar-refractivity contribution in [3.05, 3.63) is 35.4 Å². The highest BCUT2D eigenvalue weighted by Gasteiger charge is 2.18. The van der Waals surface area contributed by atoms with Crippen LogP contribution >= 0.6 is 0 Å². The summed E-state index contributed by atoms with van der Waals surface area (Å²) in [4.78, 5) is 10.7. The first-order chi connectivity index (χ1) is 8.65. The van der Waals surface area contributed by atoms with Gasteiger partial charge in [-0.25, -0.2) is 4.79 Å². The van der Waals surface area contributed by atoms with Crippen LogP contribution in [0.2, 0.25) is 0 Å². The summed E-state index contributed by atoms with van der Waals surface area (Å²) in [6, 6.07) is 6.52. The maximum absolute atomic E-state index is 11.9. The fraction of sp³-hybridized carbons (Fsp3) is 0.462. The minimum atomic E-state index is -0.951. The van der Waals surface area contributed by atoms with Gasteiger partial charge in [0.25, 0.3) is 0 Å². The molecule has 1 saturated heterocycles. The van der Waals surface area contributed by atoms with Crippen molar-refractivity contribution in [1.29, 1.82) is 0 Å². The van der Waals surface area contributed by atoms with Crippen molar-refractivity contribution in [3.8, 4) is 0 Å². The van der Waals surface area contributed by atoms with Gasteiger partial charge in [-0.1, -0.05) is 12.1 Å². The van der Waals surface area contributed by atoms with E-state index in [2.05, 4.69) is 0 Å². The Morgan fingerprint density at radius 1 is 1.39 bits per heavy atom. The standard InChI is InChI=1S/C13H16O4S/c14-13(15)11-5-3-10(4-6-11)8-18(16)9-12-2-1-7-17-12/h3-6,12H,1-2,7-9H2,(H,14,15). The van der Waals surface area contributed by atoms with Gasteiger partial charge in [-0.05, 0) is 30.5 Å². The second kappa shape index (κ2) is 6.11. The van der Waals surface area contributed by atoms with Crippen LogP contribution in [0.1, 0.15) is 28.8 Å². The predicted octanol–water partition coefficient (Wildman–Crippen LogP) is 1.81. The van der Waals surface area contributed by atoms with E-state index in [0.717, 1.165) is 25.0 Å². The number of ether oxygens (including phenoxy) is 1. The van der Waals surface area contributed by atoms with Gasteiger partial charge < -0.3 is 9.84 Å². The highest BCUT2D eigenvalue weighted by molar-refractivity contribution is 7.84. The summed E-state index contributed by atoms with van der Waals surface area (Å²) in [5.74, 6) is 0.0856. The molecule has 18 heavy (non-hydrogen) atoms. The Morgan fingerprint density at radius 3 is 2.67 bits per heavy atom. The van der Waals surface area contributed by atoms with Crippen LogP contribution in [-0.4, -0.2) is 33.7 Å². The third kappa shape index (κ3) is 3.65. The average molecular weight is 268 g/mol.